The van der Waals surface area contributed by atoms with Crippen molar-refractivity contribution in [3.05, 3.63) is 17.6 Å². The molecule has 0 amide bonds. The van der Waals surface area contributed by atoms with Crippen LogP contribution in [-0.4, -0.2) is 52.3 Å². The van der Waals surface area contributed by atoms with E-state index in [2.05, 4.69) is 27.1 Å². The van der Waals surface area contributed by atoms with Gasteiger partial charge in [-0.1, -0.05) is 6.92 Å². The van der Waals surface area contributed by atoms with Gasteiger partial charge in [0.2, 0.25) is 0 Å². The fraction of sp³-hybridized carbons (Fsp3) is 0.733. The van der Waals surface area contributed by atoms with Crippen LogP contribution in [0.4, 0.5) is 5.82 Å². The Labute approximate surface area is 121 Å². The number of anilines is 1. The van der Waals surface area contributed by atoms with Crippen molar-refractivity contribution in [2.75, 3.05) is 31.5 Å². The minimum Gasteiger partial charge on any atom is -0.390 e. The third-order valence-corrected chi connectivity index (χ3v) is 3.83. The van der Waals surface area contributed by atoms with Gasteiger partial charge >= 0.3 is 0 Å². The first-order valence-electron chi connectivity index (χ1n) is 7.49. The monoisotopic (exact) mass is 278 g/mol. The number of nitrogens with one attached hydrogen (secondary N) is 1. The molecular formula is C15H26N4O. The predicted octanol–water partition coefficient (Wildman–Crippen LogP) is 1.60. The lowest BCUT2D eigenvalue weighted by Crippen LogP contribution is -2.40. The Kier molecular flexibility index (Phi) is 5.31. The number of hydrogen-bond donors (Lipinski definition) is 2. The minimum absolute atomic E-state index is 0.362. The largest absolute Gasteiger partial charge is 0.390 e. The molecule has 0 saturated carbocycles. The number of aliphatic hydroxyl groups excluding tert-OH is 1. The lowest BCUT2D eigenvalue weighted by molar-refractivity contribution is 0.0989. The molecule has 0 radical (unpaired) electrons. The Bertz CT molecular complexity index is 410. The van der Waals surface area contributed by atoms with Crippen molar-refractivity contribution in [1.29, 1.82) is 0 Å². The van der Waals surface area contributed by atoms with E-state index in [0.29, 0.717) is 6.54 Å². The van der Waals surface area contributed by atoms with Gasteiger partial charge in [-0.15, -0.1) is 0 Å². The van der Waals surface area contributed by atoms with Gasteiger partial charge in [0, 0.05) is 24.8 Å². The van der Waals surface area contributed by atoms with Crippen molar-refractivity contribution < 1.29 is 5.11 Å². The van der Waals surface area contributed by atoms with E-state index in [1.807, 2.05) is 19.9 Å². The van der Waals surface area contributed by atoms with E-state index in [9.17, 15) is 5.11 Å². The van der Waals surface area contributed by atoms with E-state index in [1.165, 1.54) is 12.8 Å². The van der Waals surface area contributed by atoms with E-state index in [1.54, 1.807) is 0 Å². The molecule has 2 rings (SSSR count). The summed E-state index contributed by atoms with van der Waals surface area (Å²) in [5, 5.41) is 13.3. The molecule has 1 fully saturated rings. The summed E-state index contributed by atoms with van der Waals surface area (Å²) in [5.41, 5.74) is 0.944. The van der Waals surface area contributed by atoms with E-state index >= 15 is 0 Å². The molecule has 0 spiro atoms. The first kappa shape index (κ1) is 15.2. The molecule has 1 atom stereocenters. The van der Waals surface area contributed by atoms with Crippen LogP contribution in [0.15, 0.2) is 6.07 Å². The van der Waals surface area contributed by atoms with Gasteiger partial charge in [0.15, 0.2) is 0 Å². The summed E-state index contributed by atoms with van der Waals surface area (Å²) in [4.78, 5) is 10.9. The summed E-state index contributed by atoms with van der Waals surface area (Å²) in [5.74, 6) is 2.38. The highest BCUT2D eigenvalue weighted by Gasteiger charge is 2.18. The number of hydrogen-bond acceptors (Lipinski definition) is 5. The van der Waals surface area contributed by atoms with Crippen molar-refractivity contribution in [1.82, 2.24) is 14.9 Å². The van der Waals surface area contributed by atoms with Crippen LogP contribution in [0, 0.1) is 19.8 Å². The normalized spacial score (nSPS) is 19.0. The molecule has 2 N–H and O–H groups in total. The Morgan fingerprint density at radius 3 is 2.70 bits per heavy atom. The Morgan fingerprint density at radius 2 is 2.05 bits per heavy atom. The van der Waals surface area contributed by atoms with E-state index in [4.69, 9.17) is 0 Å². The molecule has 0 aliphatic carbocycles. The van der Waals surface area contributed by atoms with Gasteiger partial charge in [0.1, 0.15) is 11.6 Å². The van der Waals surface area contributed by atoms with Crippen LogP contribution in [0.2, 0.25) is 0 Å². The number of nitrogens with zero attached hydrogens (tertiary/aromatic N) is 3. The lowest BCUT2D eigenvalue weighted by Gasteiger charge is -2.31. The van der Waals surface area contributed by atoms with Crippen LogP contribution in [0.5, 0.6) is 0 Å². The van der Waals surface area contributed by atoms with Gasteiger partial charge in [-0.25, -0.2) is 9.97 Å². The average molecular weight is 278 g/mol. The van der Waals surface area contributed by atoms with E-state index in [0.717, 1.165) is 42.9 Å². The second kappa shape index (κ2) is 6.99. The third-order valence-electron chi connectivity index (χ3n) is 3.83. The molecule has 5 nitrogen and oxygen atoms in total. The standard InChI is InChI=1S/C15H26N4O/c1-11-4-6-19(7-5-11)10-14(20)9-16-15-8-12(2)17-13(3)18-15/h8,11,14,20H,4-7,9-10H2,1-3H3,(H,16,17,18)/t14-/m1/s1. The van der Waals surface area contributed by atoms with Gasteiger partial charge in [-0.05, 0) is 45.7 Å². The fourth-order valence-electron chi connectivity index (χ4n) is 2.64. The van der Waals surface area contributed by atoms with Crippen molar-refractivity contribution in [2.45, 2.75) is 39.7 Å². The molecule has 1 aromatic heterocycles. The van der Waals surface area contributed by atoms with E-state index < -0.39 is 0 Å². The lowest BCUT2D eigenvalue weighted by atomic mass is 9.99. The summed E-state index contributed by atoms with van der Waals surface area (Å²) in [6.07, 6.45) is 2.12. The topological polar surface area (TPSA) is 61.3 Å². The van der Waals surface area contributed by atoms with Crippen LogP contribution in [0.1, 0.15) is 31.3 Å². The van der Waals surface area contributed by atoms with Gasteiger partial charge in [-0.2, -0.15) is 0 Å². The van der Waals surface area contributed by atoms with Crippen LogP contribution in [-0.2, 0) is 0 Å². The number of piperidine rings is 1. The first-order chi connectivity index (χ1) is 9.52. The minimum atomic E-state index is -0.362. The van der Waals surface area contributed by atoms with Crippen LogP contribution >= 0.6 is 0 Å². The molecule has 2 heterocycles. The zero-order chi connectivity index (χ0) is 14.5. The molecule has 0 unspecified atom stereocenters. The second-order valence-corrected chi connectivity index (χ2v) is 5.96. The van der Waals surface area contributed by atoms with Gasteiger partial charge in [0.25, 0.3) is 0 Å². The quantitative estimate of drug-likeness (QED) is 0.856. The maximum Gasteiger partial charge on any atom is 0.130 e. The SMILES string of the molecule is Cc1cc(NC[C@@H](O)CN2CCC(C)CC2)nc(C)n1. The maximum atomic E-state index is 10.1. The number of aliphatic hydroxyl groups is 1. The molecule has 1 saturated heterocycles. The summed E-state index contributed by atoms with van der Waals surface area (Å²) >= 11 is 0. The van der Waals surface area contributed by atoms with Crippen LogP contribution < -0.4 is 5.32 Å². The maximum absolute atomic E-state index is 10.1. The zero-order valence-corrected chi connectivity index (χ0v) is 12.8. The predicted molar refractivity (Wildman–Crippen MR) is 80.8 cm³/mol. The van der Waals surface area contributed by atoms with Gasteiger partial charge in [-0.3, -0.25) is 0 Å². The van der Waals surface area contributed by atoms with Gasteiger partial charge < -0.3 is 15.3 Å². The van der Waals surface area contributed by atoms with Gasteiger partial charge in [0.05, 0.1) is 6.10 Å². The second-order valence-electron chi connectivity index (χ2n) is 5.96. The summed E-state index contributed by atoms with van der Waals surface area (Å²) in [6.45, 7) is 9.60. The number of likely N-dealkylation sites (tertiary alicyclic amines) is 1. The zero-order valence-electron chi connectivity index (χ0n) is 12.8. The molecule has 112 valence electrons. The molecule has 20 heavy (non-hydrogen) atoms. The summed E-state index contributed by atoms with van der Waals surface area (Å²) in [6, 6.07) is 1.91. The Morgan fingerprint density at radius 1 is 1.35 bits per heavy atom. The molecule has 5 heteroatoms. The van der Waals surface area contributed by atoms with Crippen molar-refractivity contribution >= 4 is 5.82 Å². The van der Waals surface area contributed by atoms with Crippen molar-refractivity contribution in [2.24, 2.45) is 5.92 Å². The smallest absolute Gasteiger partial charge is 0.130 e. The highest BCUT2D eigenvalue weighted by Crippen LogP contribution is 2.16. The highest BCUT2D eigenvalue weighted by atomic mass is 16.3. The number of aryl methyl sites for hydroxylation is 2. The Hall–Kier alpha value is -1.20. The average Bonchev–Trinajstić information content (AvgIpc) is 2.38. The number of aromatic nitrogens is 2. The molecule has 1 aromatic rings. The van der Waals surface area contributed by atoms with Crippen molar-refractivity contribution in [3.8, 4) is 0 Å². The molecule has 1 aliphatic heterocycles. The van der Waals surface area contributed by atoms with Crippen molar-refractivity contribution in [3.63, 3.8) is 0 Å². The highest BCUT2D eigenvalue weighted by molar-refractivity contribution is 5.35. The Balaban J connectivity index is 1.75. The molecule has 0 aromatic carbocycles. The number of rotatable bonds is 5. The first-order valence-corrected chi connectivity index (χ1v) is 7.49. The molecular weight excluding hydrogens is 252 g/mol. The summed E-state index contributed by atoms with van der Waals surface area (Å²) < 4.78 is 0. The number of β-amino-alcohol motifs (C(OH)–C–C–N with tert-alkyl or cyclic N) is 1. The van der Waals surface area contributed by atoms with Crippen LogP contribution in [0.3, 0.4) is 0 Å². The third kappa shape index (κ3) is 4.72. The van der Waals surface area contributed by atoms with E-state index in [-0.39, 0.29) is 6.10 Å². The molecule has 1 aliphatic rings. The fourth-order valence-corrected chi connectivity index (χ4v) is 2.64. The summed E-state index contributed by atoms with van der Waals surface area (Å²) in [7, 11) is 0. The van der Waals surface area contributed by atoms with Crippen LogP contribution in [0.25, 0.3) is 0 Å². The molecule has 0 bridgehead atoms.